The lowest BCUT2D eigenvalue weighted by molar-refractivity contribution is -0.116. The molecule has 0 unspecified atom stereocenters. The number of hydrogen-bond acceptors (Lipinski definition) is 6. The first-order chi connectivity index (χ1) is 13.0. The van der Waals surface area contributed by atoms with Crippen molar-refractivity contribution in [3.8, 4) is 5.69 Å². The summed E-state index contributed by atoms with van der Waals surface area (Å²) in [6, 6.07) is 8.55. The number of carbonyl (C=O) groups excluding carboxylic acids is 2. The number of amides is 1. The van der Waals surface area contributed by atoms with Crippen LogP contribution in [0.15, 0.2) is 46.7 Å². The molecule has 0 aliphatic carbocycles. The predicted octanol–water partition coefficient (Wildman–Crippen LogP) is 2.22. The Morgan fingerprint density at radius 3 is 2.59 bits per heavy atom. The zero-order valence-electron chi connectivity index (χ0n) is 14.8. The zero-order chi connectivity index (χ0) is 19.4. The highest BCUT2D eigenvalue weighted by molar-refractivity contribution is 7.07. The van der Waals surface area contributed by atoms with Crippen LogP contribution in [0.5, 0.6) is 0 Å². The first-order valence-corrected chi connectivity index (χ1v) is 9.14. The van der Waals surface area contributed by atoms with Gasteiger partial charge in [0.05, 0.1) is 12.3 Å². The maximum absolute atomic E-state index is 12.1. The number of benzene rings is 1. The van der Waals surface area contributed by atoms with Crippen molar-refractivity contribution in [2.45, 2.75) is 20.4 Å². The van der Waals surface area contributed by atoms with E-state index in [0.717, 1.165) is 22.7 Å². The molecule has 0 atom stereocenters. The van der Waals surface area contributed by atoms with Crippen LogP contribution in [0.2, 0.25) is 0 Å². The monoisotopic (exact) mass is 386 g/mol. The van der Waals surface area contributed by atoms with Crippen molar-refractivity contribution in [1.82, 2.24) is 14.3 Å². The van der Waals surface area contributed by atoms with E-state index < -0.39 is 5.97 Å². The Bertz CT molecular complexity index is 1020. The average Bonchev–Trinajstić information content (AvgIpc) is 3.25. The minimum atomic E-state index is -0.473. The van der Waals surface area contributed by atoms with Crippen molar-refractivity contribution in [1.29, 1.82) is 0 Å². The number of rotatable bonds is 6. The van der Waals surface area contributed by atoms with Gasteiger partial charge in [-0.2, -0.15) is 5.10 Å². The van der Waals surface area contributed by atoms with E-state index in [1.165, 1.54) is 4.57 Å². The molecule has 0 bridgehead atoms. The van der Waals surface area contributed by atoms with Gasteiger partial charge < -0.3 is 10.1 Å². The van der Waals surface area contributed by atoms with E-state index in [0.29, 0.717) is 5.69 Å². The second-order valence-electron chi connectivity index (χ2n) is 5.69. The summed E-state index contributed by atoms with van der Waals surface area (Å²) in [7, 11) is 0. The highest BCUT2D eigenvalue weighted by Gasteiger charge is 2.11. The Kier molecular flexibility index (Phi) is 5.51. The molecule has 1 N–H and O–H groups in total. The Labute approximate surface area is 159 Å². The summed E-state index contributed by atoms with van der Waals surface area (Å²) < 4.78 is 7.89. The van der Waals surface area contributed by atoms with Gasteiger partial charge in [0.2, 0.25) is 5.91 Å². The molecule has 27 heavy (non-hydrogen) atoms. The standard InChI is InChI=1S/C18H18N4O4S/c1-3-26-17(24)15-8-9-22(20-15)14-6-4-13(5-7-14)19-16(23)10-21-12(2)11-27-18(21)25/h4-9,11H,3,10H2,1-2H3,(H,19,23). The number of nitrogens with one attached hydrogen (secondary N) is 1. The van der Waals surface area contributed by atoms with Gasteiger partial charge in [-0.05, 0) is 44.2 Å². The van der Waals surface area contributed by atoms with E-state index in [1.54, 1.807) is 60.4 Å². The molecule has 0 aliphatic heterocycles. The average molecular weight is 386 g/mol. The van der Waals surface area contributed by atoms with Crippen molar-refractivity contribution in [3.05, 3.63) is 63.0 Å². The first kappa shape index (κ1) is 18.6. The van der Waals surface area contributed by atoms with Gasteiger partial charge in [-0.15, -0.1) is 0 Å². The minimum absolute atomic E-state index is 0.0298. The van der Waals surface area contributed by atoms with Crippen molar-refractivity contribution in [3.63, 3.8) is 0 Å². The number of aryl methyl sites for hydroxylation is 1. The van der Waals surface area contributed by atoms with Gasteiger partial charge in [-0.25, -0.2) is 9.48 Å². The van der Waals surface area contributed by atoms with Gasteiger partial charge in [-0.3, -0.25) is 14.2 Å². The quantitative estimate of drug-likeness (QED) is 0.656. The molecule has 0 saturated heterocycles. The molecular formula is C18H18N4O4S. The third kappa shape index (κ3) is 4.32. The van der Waals surface area contributed by atoms with Crippen LogP contribution in [0.1, 0.15) is 23.1 Å². The number of thiazole rings is 1. The molecule has 1 amide bonds. The maximum Gasteiger partial charge on any atom is 0.358 e. The second-order valence-corrected chi connectivity index (χ2v) is 6.51. The minimum Gasteiger partial charge on any atom is -0.461 e. The number of ether oxygens (including phenoxy) is 1. The van der Waals surface area contributed by atoms with Crippen LogP contribution in [-0.4, -0.2) is 32.8 Å². The number of aromatic nitrogens is 3. The van der Waals surface area contributed by atoms with E-state index in [2.05, 4.69) is 10.4 Å². The van der Waals surface area contributed by atoms with Crippen molar-refractivity contribution >= 4 is 28.9 Å². The highest BCUT2D eigenvalue weighted by atomic mass is 32.1. The zero-order valence-corrected chi connectivity index (χ0v) is 15.7. The van der Waals surface area contributed by atoms with E-state index in [9.17, 15) is 14.4 Å². The normalized spacial score (nSPS) is 10.6. The molecule has 2 heterocycles. The summed E-state index contributed by atoms with van der Waals surface area (Å²) >= 11 is 1.07. The summed E-state index contributed by atoms with van der Waals surface area (Å²) in [5.74, 6) is -0.755. The molecule has 2 aromatic heterocycles. The topological polar surface area (TPSA) is 95.2 Å². The molecule has 0 aliphatic rings. The number of hydrogen-bond donors (Lipinski definition) is 1. The first-order valence-electron chi connectivity index (χ1n) is 8.26. The van der Waals surface area contributed by atoms with Gasteiger partial charge >= 0.3 is 10.8 Å². The van der Waals surface area contributed by atoms with E-state index in [-0.39, 0.29) is 29.6 Å². The van der Waals surface area contributed by atoms with E-state index in [1.807, 2.05) is 0 Å². The molecule has 0 radical (unpaired) electrons. The van der Waals surface area contributed by atoms with Gasteiger partial charge in [-0.1, -0.05) is 11.3 Å². The lowest BCUT2D eigenvalue weighted by atomic mass is 10.3. The van der Waals surface area contributed by atoms with E-state index >= 15 is 0 Å². The lowest BCUT2D eigenvalue weighted by Gasteiger charge is -2.08. The van der Waals surface area contributed by atoms with Gasteiger partial charge in [0.25, 0.3) is 0 Å². The van der Waals surface area contributed by atoms with Crippen LogP contribution >= 0.6 is 11.3 Å². The second kappa shape index (κ2) is 8.00. The van der Waals surface area contributed by atoms with Crippen LogP contribution in [-0.2, 0) is 16.1 Å². The SMILES string of the molecule is CCOC(=O)c1ccn(-c2ccc(NC(=O)Cn3c(C)csc3=O)cc2)n1. The maximum atomic E-state index is 12.1. The Morgan fingerprint density at radius 2 is 1.96 bits per heavy atom. The van der Waals surface area contributed by atoms with Crippen molar-refractivity contribution < 1.29 is 14.3 Å². The summed E-state index contributed by atoms with van der Waals surface area (Å²) in [5.41, 5.74) is 2.31. The Hall–Kier alpha value is -3.20. The van der Waals surface area contributed by atoms with Gasteiger partial charge in [0.15, 0.2) is 5.69 Å². The molecule has 0 fully saturated rings. The predicted molar refractivity (Wildman–Crippen MR) is 101 cm³/mol. The van der Waals surface area contributed by atoms with Crippen molar-refractivity contribution in [2.75, 3.05) is 11.9 Å². The summed E-state index contributed by atoms with van der Waals surface area (Å²) in [5, 5.41) is 8.65. The van der Waals surface area contributed by atoms with Crippen LogP contribution in [0, 0.1) is 6.92 Å². The summed E-state index contributed by atoms with van der Waals surface area (Å²) in [6.07, 6.45) is 1.66. The number of carbonyl (C=O) groups is 2. The third-order valence-electron chi connectivity index (χ3n) is 3.77. The summed E-state index contributed by atoms with van der Waals surface area (Å²) in [4.78, 5) is 35.3. The molecule has 140 valence electrons. The fourth-order valence-electron chi connectivity index (χ4n) is 2.42. The molecule has 0 spiro atoms. The number of nitrogens with zero attached hydrogens (tertiary/aromatic N) is 3. The fraction of sp³-hybridized carbons (Fsp3) is 0.222. The lowest BCUT2D eigenvalue weighted by Crippen LogP contribution is -2.25. The highest BCUT2D eigenvalue weighted by Crippen LogP contribution is 2.14. The molecule has 8 nitrogen and oxygen atoms in total. The van der Waals surface area contributed by atoms with Gasteiger partial charge in [0, 0.05) is 23.0 Å². The molecular weight excluding hydrogens is 368 g/mol. The number of anilines is 1. The molecule has 1 aromatic carbocycles. The molecule has 0 saturated carbocycles. The van der Waals surface area contributed by atoms with Crippen LogP contribution in [0.4, 0.5) is 5.69 Å². The van der Waals surface area contributed by atoms with Crippen LogP contribution in [0.25, 0.3) is 5.69 Å². The van der Waals surface area contributed by atoms with Crippen LogP contribution in [0.3, 0.4) is 0 Å². The molecule has 9 heteroatoms. The summed E-state index contributed by atoms with van der Waals surface area (Å²) in [6.45, 7) is 3.78. The largest absolute Gasteiger partial charge is 0.461 e. The van der Waals surface area contributed by atoms with Crippen LogP contribution < -0.4 is 10.2 Å². The smallest absolute Gasteiger partial charge is 0.358 e. The molecule has 3 aromatic rings. The Balaban J connectivity index is 1.66. The van der Waals surface area contributed by atoms with Crippen molar-refractivity contribution in [2.24, 2.45) is 0 Å². The van der Waals surface area contributed by atoms with Gasteiger partial charge in [0.1, 0.15) is 6.54 Å². The number of esters is 1. The fourth-order valence-corrected chi connectivity index (χ4v) is 3.15. The van der Waals surface area contributed by atoms with E-state index in [4.69, 9.17) is 4.74 Å². The molecule has 3 rings (SSSR count). The Morgan fingerprint density at radius 1 is 1.22 bits per heavy atom. The third-order valence-corrected chi connectivity index (χ3v) is 4.65.